The molecule has 137 heavy (non-hydrogen) atoms. The van der Waals surface area contributed by atoms with Crippen molar-refractivity contribution in [2.75, 3.05) is 99.1 Å². The maximum absolute atomic E-state index is 12.2. The number of rotatable bonds is 31. The Morgan fingerprint density at radius 2 is 0.708 bits per heavy atom. The van der Waals surface area contributed by atoms with Crippen LogP contribution >= 0.6 is 93.1 Å². The molecule has 0 saturated heterocycles. The van der Waals surface area contributed by atoms with Gasteiger partial charge in [0.05, 0.1) is 71.6 Å². The Hall–Kier alpha value is -7.92. The molecule has 0 atom stereocenters. The van der Waals surface area contributed by atoms with Crippen LogP contribution in [0.2, 0.25) is 54.4 Å². The van der Waals surface area contributed by atoms with Crippen molar-refractivity contribution in [3.8, 4) is 79.6 Å². The van der Waals surface area contributed by atoms with Gasteiger partial charge in [0.25, 0.3) is 0 Å². The number of aromatic nitrogens is 9. The van der Waals surface area contributed by atoms with Crippen LogP contribution in [0.5, 0.6) is 0 Å². The van der Waals surface area contributed by atoms with Gasteiger partial charge in [-0.25, -0.2) is 59.0 Å². The second kappa shape index (κ2) is 61.0. The Morgan fingerprint density at radius 3 is 1.04 bits per heavy atom. The molecule has 2 N–H and O–H groups in total. The summed E-state index contributed by atoms with van der Waals surface area (Å²) in [4.78, 5) is 85.4. The van der Waals surface area contributed by atoms with Crippen molar-refractivity contribution < 1.29 is 85.3 Å². The average Bonchev–Trinajstić information content (AvgIpc) is 1.47. The molecule has 0 amide bonds. The minimum atomic E-state index is -1.74. The van der Waals surface area contributed by atoms with E-state index in [1.54, 1.807) is 64.1 Å². The van der Waals surface area contributed by atoms with E-state index in [0.717, 1.165) is 64.5 Å². The normalized spacial score (nSPS) is 11.6. The van der Waals surface area contributed by atoms with Crippen molar-refractivity contribution in [2.24, 2.45) is 0 Å². The van der Waals surface area contributed by atoms with E-state index in [9.17, 15) is 19.2 Å². The Kier molecular flexibility index (Phi) is 54.9. The van der Waals surface area contributed by atoms with E-state index in [1.807, 2.05) is 138 Å². The molecule has 748 valence electrons. The van der Waals surface area contributed by atoms with Crippen LogP contribution in [0.15, 0.2) is 132 Å². The quantitative estimate of drug-likeness (QED) is 0.0102. The summed E-state index contributed by atoms with van der Waals surface area (Å²) in [5.41, 5.74) is 6.32. The third kappa shape index (κ3) is 53.5. The first-order valence-corrected chi connectivity index (χ1v) is 58.9. The molecule has 0 saturated carbocycles. The first-order chi connectivity index (χ1) is 63.9. The molecule has 9 aromatic rings. The molecule has 9 aromatic heterocycles. The van der Waals surface area contributed by atoms with E-state index in [-0.39, 0.29) is 53.2 Å². The van der Waals surface area contributed by atoms with Crippen LogP contribution in [-0.2, 0) is 62.3 Å². The highest BCUT2D eigenvalue weighted by molar-refractivity contribution is 9.11. The van der Waals surface area contributed by atoms with Crippen molar-refractivity contribution in [3.05, 3.63) is 178 Å². The van der Waals surface area contributed by atoms with Gasteiger partial charge in [-0.15, -0.1) is 51.8 Å². The number of hydrogen-bond acceptors (Lipinski definition) is 31. The number of terminal acetylenes is 1. The molecule has 37 heteroatoms. The fourth-order valence-electron chi connectivity index (χ4n) is 9.18. The predicted octanol–water partition coefficient (Wildman–Crippen LogP) is 22.8. The Morgan fingerprint density at radius 1 is 0.380 bits per heavy atom. The lowest BCUT2D eigenvalue weighted by Gasteiger charge is -2.36. The minimum absolute atomic E-state index is 0.0283. The van der Waals surface area contributed by atoms with Crippen molar-refractivity contribution >= 4 is 142 Å². The standard InChI is InChI=1S/C24H34N2O4SSi.C18H24N2O4S.C18H20N2O4S.C16H24BrNO2Si.C11H22O2Si.C8H11NO2S.C5H3Br2N/c1-23(2,3)30-22(27)20-17-31-21(26-20)18-11-12-25-19(16-18)10-9-13-28-14-15-29-32(7,8)24(4,5)6;2*1-18(2,3)24-17(22)15-12-25-16(20-15)13-6-7-19-14(11-13)5-4-9-23-10-8-21;1-16(2,3)21(4,5)20-12-11-19-10-6-7-15-13-14(17)8-9-18-15;1-7-8-12-9-10-13-14(5,6)11(2,3)4;1-8(2,3)11-7(10)6-4-12-5-9-6;6-4-1-2-8-5(7)3-4/h11-12,16-17H,13-15H2,1-8H3;6-7,11-12,21H,4-5,8-10H2,1-3H3;6-7,11-12,21H,8-10H2,1-3H3;8-9,13H,10-12H2,1-5H3;1H,8-10H2,2-6H3;4-5H,1-3H3;1-3H. The topological polar surface area (TPSA) is 336 Å². The summed E-state index contributed by atoms with van der Waals surface area (Å²) in [6.07, 6.45) is 15.2. The average molecular weight is 2210 g/mol. The van der Waals surface area contributed by atoms with Gasteiger partial charge in [0.15, 0.2) is 47.7 Å². The zero-order chi connectivity index (χ0) is 103. The zero-order valence-corrected chi connectivity index (χ0v) is 95.4. The summed E-state index contributed by atoms with van der Waals surface area (Å²) in [6, 6.07) is 18.7. The first-order valence-electron chi connectivity index (χ1n) is 44.2. The van der Waals surface area contributed by atoms with Gasteiger partial charge in [-0.2, -0.15) is 0 Å². The molecule has 0 aliphatic rings. The van der Waals surface area contributed by atoms with Gasteiger partial charge in [-0.1, -0.05) is 118 Å². The summed E-state index contributed by atoms with van der Waals surface area (Å²) in [7, 11) is -5.00. The van der Waals surface area contributed by atoms with Crippen molar-refractivity contribution in [1.82, 2.24) is 44.9 Å². The zero-order valence-electron chi connectivity index (χ0n) is 84.4. The van der Waals surface area contributed by atoms with Crippen LogP contribution in [0, 0.1) is 47.9 Å². The molecular formula is C100H138Br3N9O18S4Si3. The summed E-state index contributed by atoms with van der Waals surface area (Å²) >= 11 is 15.4. The molecule has 0 aliphatic heterocycles. The number of carbonyl (C=O) groups excluding carboxylic acids is 4. The highest BCUT2D eigenvalue weighted by atomic mass is 79.9. The maximum Gasteiger partial charge on any atom is 0.358 e. The summed E-state index contributed by atoms with van der Waals surface area (Å²) in [5.74, 6) is 18.4. The van der Waals surface area contributed by atoms with E-state index in [1.165, 1.54) is 45.3 Å². The number of nitrogens with zero attached hydrogens (tertiary/aromatic N) is 9. The smallest absolute Gasteiger partial charge is 0.358 e. The second-order valence-electron chi connectivity index (χ2n) is 38.4. The summed E-state index contributed by atoms with van der Waals surface area (Å²) in [5, 5.41) is 26.9. The largest absolute Gasteiger partial charge is 0.455 e. The predicted molar refractivity (Wildman–Crippen MR) is 566 cm³/mol. The van der Waals surface area contributed by atoms with Crippen molar-refractivity contribution in [1.29, 1.82) is 0 Å². The molecule has 0 unspecified atom stereocenters. The van der Waals surface area contributed by atoms with Crippen LogP contribution in [0.25, 0.3) is 31.7 Å². The maximum atomic E-state index is 12.2. The van der Waals surface area contributed by atoms with Gasteiger partial charge in [0, 0.05) is 90.4 Å². The number of pyridine rings is 5. The molecule has 0 aromatic carbocycles. The number of aryl methyl sites for hydroxylation is 1. The van der Waals surface area contributed by atoms with Crippen molar-refractivity contribution in [2.45, 2.75) is 235 Å². The van der Waals surface area contributed by atoms with E-state index in [4.69, 9.17) is 72.5 Å². The highest BCUT2D eigenvalue weighted by Gasteiger charge is 2.39. The molecular weight excluding hydrogens is 2070 g/mol. The van der Waals surface area contributed by atoms with Gasteiger partial charge < -0.3 is 66.1 Å². The monoisotopic (exact) mass is 2200 g/mol. The van der Waals surface area contributed by atoms with Crippen LogP contribution < -0.4 is 0 Å². The first kappa shape index (κ1) is 123. The Labute approximate surface area is 856 Å². The van der Waals surface area contributed by atoms with Crippen LogP contribution in [0.1, 0.15) is 217 Å². The lowest BCUT2D eigenvalue weighted by molar-refractivity contribution is 0.00514. The number of hydrogen-bond donors (Lipinski definition) is 2. The van der Waals surface area contributed by atoms with Gasteiger partial charge in [-0.3, -0.25) is 4.98 Å². The van der Waals surface area contributed by atoms with Crippen molar-refractivity contribution in [3.63, 3.8) is 0 Å². The number of halogens is 3. The molecule has 0 fully saturated rings. The van der Waals surface area contributed by atoms with E-state index in [2.05, 4.69) is 236 Å². The number of ether oxygens (including phenoxy) is 9. The second-order valence-corrected chi connectivity index (χ2v) is 58.7. The third-order valence-electron chi connectivity index (χ3n) is 18.9. The number of aliphatic hydroxyl groups excluding tert-OH is 2. The molecule has 9 heterocycles. The molecule has 0 spiro atoms. The lowest BCUT2D eigenvalue weighted by atomic mass is 10.1. The highest BCUT2D eigenvalue weighted by Crippen LogP contribution is 2.39. The van der Waals surface area contributed by atoms with Gasteiger partial charge in [0.2, 0.25) is 0 Å². The molecule has 0 radical (unpaired) electrons. The van der Waals surface area contributed by atoms with E-state index >= 15 is 0 Å². The fraction of sp³-hybridized carbons (Fsp3) is 0.510. The SMILES string of the molecule is Brc1ccnc(Br)c1.C#CCOCCO[Si](C)(C)C(C)(C)C.CC(C)(C)OC(=O)c1csc(-c2ccnc(C#CCOCCO)c2)n1.CC(C)(C)OC(=O)c1csc(-c2ccnc(C#CCOCCO[Si](C)(C)C(C)(C)C)c2)n1.CC(C)(C)OC(=O)c1csc(-c2ccnc(CCCOCCO)c2)n1.CC(C)(C)OC(=O)c1cscn1.CC(C)(C)[Si](C)(C)OCCOCC#Cc1cc(Br)ccn1. The van der Waals surface area contributed by atoms with E-state index in [0.29, 0.717) is 106 Å². The van der Waals surface area contributed by atoms with Crippen LogP contribution in [0.4, 0.5) is 0 Å². The van der Waals surface area contributed by atoms with Gasteiger partial charge in [-0.05, 0) is 245 Å². The number of carbonyl (C=O) groups is 4. The molecule has 9 rings (SSSR count). The van der Waals surface area contributed by atoms with Crippen LogP contribution in [-0.4, -0.2) is 225 Å². The Balaban J connectivity index is 0.000000425. The third-order valence-corrected chi connectivity index (χ3v) is 37.2. The lowest BCUT2D eigenvalue weighted by Crippen LogP contribution is -2.41. The Bertz CT molecular complexity index is 5360. The number of thiazole rings is 4. The minimum Gasteiger partial charge on any atom is -0.455 e. The van der Waals surface area contributed by atoms with Gasteiger partial charge >= 0.3 is 23.9 Å². The van der Waals surface area contributed by atoms with Gasteiger partial charge in [0.1, 0.15) is 85.5 Å². The molecule has 0 bridgehead atoms. The summed E-state index contributed by atoms with van der Waals surface area (Å²) < 4.78 is 68.5. The molecule has 27 nitrogen and oxygen atoms in total. The summed E-state index contributed by atoms with van der Waals surface area (Å²) in [6.45, 7) is 61.4. The fourth-order valence-corrected chi connectivity index (χ4v) is 16.5. The van der Waals surface area contributed by atoms with Crippen LogP contribution in [0.3, 0.4) is 0 Å². The molecule has 0 aliphatic carbocycles. The number of esters is 4. The van der Waals surface area contributed by atoms with E-state index < -0.39 is 65.3 Å². The number of aliphatic hydroxyl groups is 2.